The lowest BCUT2D eigenvalue weighted by Crippen LogP contribution is -2.18. The maximum absolute atomic E-state index is 7.46. The smallest absolute Gasteiger partial charge is 0.122 e. The van der Waals surface area contributed by atoms with Crippen LogP contribution in [0.3, 0.4) is 0 Å². The molecular formula is C16H19N3. The highest BCUT2D eigenvalue weighted by molar-refractivity contribution is 5.95. The summed E-state index contributed by atoms with van der Waals surface area (Å²) in [5, 5.41) is 7.46. The molecule has 3 nitrogen and oxygen atoms in total. The number of hydrogen-bond acceptors (Lipinski definition) is 2. The Morgan fingerprint density at radius 3 is 2.32 bits per heavy atom. The summed E-state index contributed by atoms with van der Waals surface area (Å²) in [4.78, 5) is 2.24. The Kier molecular flexibility index (Phi) is 4.31. The first kappa shape index (κ1) is 13.3. The van der Waals surface area contributed by atoms with E-state index in [1.54, 1.807) is 0 Å². The number of hydrogen-bond donors (Lipinski definition) is 2. The number of nitrogens with two attached hydrogens (primary N) is 1. The van der Waals surface area contributed by atoms with Gasteiger partial charge in [0, 0.05) is 18.7 Å². The van der Waals surface area contributed by atoms with Crippen molar-refractivity contribution < 1.29 is 0 Å². The minimum Gasteiger partial charge on any atom is -0.384 e. The highest BCUT2D eigenvalue weighted by Gasteiger charge is 2.03. The molecule has 3 heteroatoms. The van der Waals surface area contributed by atoms with E-state index < -0.39 is 0 Å². The van der Waals surface area contributed by atoms with Gasteiger partial charge >= 0.3 is 0 Å². The van der Waals surface area contributed by atoms with Crippen molar-refractivity contribution in [2.24, 2.45) is 5.73 Å². The zero-order chi connectivity index (χ0) is 13.7. The van der Waals surface area contributed by atoms with Crippen molar-refractivity contribution in [1.82, 2.24) is 4.90 Å². The molecule has 0 unspecified atom stereocenters. The van der Waals surface area contributed by atoms with Crippen molar-refractivity contribution in [3.63, 3.8) is 0 Å². The van der Waals surface area contributed by atoms with Gasteiger partial charge in [-0.3, -0.25) is 10.3 Å². The van der Waals surface area contributed by atoms with Crippen LogP contribution in [-0.4, -0.2) is 17.8 Å². The molecule has 0 spiro atoms. The molecule has 0 aromatic heterocycles. The van der Waals surface area contributed by atoms with Crippen LogP contribution in [0.1, 0.15) is 16.7 Å². The van der Waals surface area contributed by atoms with Crippen LogP contribution < -0.4 is 5.73 Å². The summed E-state index contributed by atoms with van der Waals surface area (Å²) in [6, 6.07) is 18.2. The molecule has 0 atom stereocenters. The maximum Gasteiger partial charge on any atom is 0.122 e. The molecule has 0 aliphatic rings. The largest absolute Gasteiger partial charge is 0.384 e. The molecule has 0 aliphatic carbocycles. The third kappa shape index (κ3) is 3.93. The average molecular weight is 253 g/mol. The molecule has 3 N–H and O–H groups in total. The summed E-state index contributed by atoms with van der Waals surface area (Å²) in [6.45, 7) is 1.75. The lowest BCUT2D eigenvalue weighted by atomic mass is 10.1. The van der Waals surface area contributed by atoms with Crippen LogP contribution in [0.2, 0.25) is 0 Å². The SMILES string of the molecule is CN(Cc1ccccc1)Cc1cccc(C(=N)N)c1. The molecule has 0 radical (unpaired) electrons. The van der Waals surface area contributed by atoms with Gasteiger partial charge in [0.2, 0.25) is 0 Å². The number of nitrogen functional groups attached to an aromatic ring is 1. The zero-order valence-electron chi connectivity index (χ0n) is 11.1. The molecule has 98 valence electrons. The van der Waals surface area contributed by atoms with Crippen LogP contribution in [0.4, 0.5) is 0 Å². The minimum absolute atomic E-state index is 0.118. The highest BCUT2D eigenvalue weighted by Crippen LogP contribution is 2.10. The van der Waals surface area contributed by atoms with Crippen LogP contribution in [0.15, 0.2) is 54.6 Å². The van der Waals surface area contributed by atoms with Crippen molar-refractivity contribution in [3.8, 4) is 0 Å². The van der Waals surface area contributed by atoms with Gasteiger partial charge in [-0.25, -0.2) is 0 Å². The second kappa shape index (κ2) is 6.16. The van der Waals surface area contributed by atoms with E-state index in [0.717, 1.165) is 18.7 Å². The Balaban J connectivity index is 2.01. The summed E-state index contributed by atoms with van der Waals surface area (Å²) < 4.78 is 0. The molecule has 0 amide bonds. The van der Waals surface area contributed by atoms with Crippen molar-refractivity contribution >= 4 is 5.84 Å². The first-order chi connectivity index (χ1) is 9.15. The van der Waals surface area contributed by atoms with Gasteiger partial charge in [-0.1, -0.05) is 48.5 Å². The fraction of sp³-hybridized carbons (Fsp3) is 0.188. The maximum atomic E-state index is 7.46. The molecular weight excluding hydrogens is 234 g/mol. The second-order valence-corrected chi connectivity index (χ2v) is 4.77. The van der Waals surface area contributed by atoms with E-state index >= 15 is 0 Å². The summed E-state index contributed by atoms with van der Waals surface area (Å²) in [6.07, 6.45) is 0. The van der Waals surface area contributed by atoms with Crippen LogP contribution in [0.25, 0.3) is 0 Å². The number of rotatable bonds is 5. The molecule has 2 aromatic rings. The van der Waals surface area contributed by atoms with Gasteiger partial charge in [0.25, 0.3) is 0 Å². The van der Waals surface area contributed by atoms with Gasteiger partial charge in [-0.2, -0.15) is 0 Å². The monoisotopic (exact) mass is 253 g/mol. The molecule has 0 fully saturated rings. The first-order valence-electron chi connectivity index (χ1n) is 6.31. The Morgan fingerprint density at radius 2 is 1.63 bits per heavy atom. The van der Waals surface area contributed by atoms with E-state index in [1.165, 1.54) is 11.1 Å². The molecule has 0 saturated heterocycles. The number of nitrogens with one attached hydrogen (secondary N) is 1. The van der Waals surface area contributed by atoms with E-state index in [1.807, 2.05) is 24.3 Å². The molecule has 2 rings (SSSR count). The van der Waals surface area contributed by atoms with Crippen molar-refractivity contribution in [3.05, 3.63) is 71.3 Å². The third-order valence-corrected chi connectivity index (χ3v) is 2.99. The van der Waals surface area contributed by atoms with E-state index in [0.29, 0.717) is 0 Å². The predicted octanol–water partition coefficient (Wildman–Crippen LogP) is 2.60. The van der Waals surface area contributed by atoms with E-state index in [2.05, 4.69) is 42.3 Å². The number of benzene rings is 2. The predicted molar refractivity (Wildman–Crippen MR) is 79.1 cm³/mol. The Hall–Kier alpha value is -2.13. The lowest BCUT2D eigenvalue weighted by molar-refractivity contribution is 0.319. The standard InChI is InChI=1S/C16H19N3/c1-19(11-13-6-3-2-4-7-13)12-14-8-5-9-15(10-14)16(17)18/h2-10H,11-12H2,1H3,(H3,17,18). The van der Waals surface area contributed by atoms with Crippen molar-refractivity contribution in [1.29, 1.82) is 5.41 Å². The number of nitrogens with zero attached hydrogens (tertiary/aromatic N) is 1. The number of amidine groups is 1. The molecule has 2 aromatic carbocycles. The van der Waals surface area contributed by atoms with Gasteiger partial charge in [-0.15, -0.1) is 0 Å². The minimum atomic E-state index is 0.118. The van der Waals surface area contributed by atoms with Gasteiger partial charge in [0.05, 0.1) is 0 Å². The van der Waals surface area contributed by atoms with Gasteiger partial charge in [0.1, 0.15) is 5.84 Å². The average Bonchev–Trinajstić information content (AvgIpc) is 2.40. The Labute approximate surface area is 114 Å². The van der Waals surface area contributed by atoms with Gasteiger partial charge in [0.15, 0.2) is 0 Å². The van der Waals surface area contributed by atoms with Crippen LogP contribution in [0, 0.1) is 5.41 Å². The fourth-order valence-electron chi connectivity index (χ4n) is 2.10. The van der Waals surface area contributed by atoms with Crippen LogP contribution >= 0.6 is 0 Å². The fourth-order valence-corrected chi connectivity index (χ4v) is 2.10. The van der Waals surface area contributed by atoms with Crippen molar-refractivity contribution in [2.45, 2.75) is 13.1 Å². The van der Waals surface area contributed by atoms with E-state index in [-0.39, 0.29) is 5.84 Å². The molecule has 0 saturated carbocycles. The summed E-state index contributed by atoms with van der Waals surface area (Å²) >= 11 is 0. The van der Waals surface area contributed by atoms with Gasteiger partial charge in [-0.05, 0) is 24.2 Å². The topological polar surface area (TPSA) is 53.1 Å². The Bertz CT molecular complexity index is 549. The van der Waals surface area contributed by atoms with Crippen LogP contribution in [-0.2, 0) is 13.1 Å². The summed E-state index contributed by atoms with van der Waals surface area (Å²) in [5.74, 6) is 0.118. The van der Waals surface area contributed by atoms with E-state index in [9.17, 15) is 0 Å². The third-order valence-electron chi connectivity index (χ3n) is 2.99. The second-order valence-electron chi connectivity index (χ2n) is 4.77. The summed E-state index contributed by atoms with van der Waals surface area (Å²) in [7, 11) is 2.09. The molecule has 0 bridgehead atoms. The Morgan fingerprint density at radius 1 is 1.00 bits per heavy atom. The summed E-state index contributed by atoms with van der Waals surface area (Å²) in [5.41, 5.74) is 8.76. The van der Waals surface area contributed by atoms with Crippen LogP contribution in [0.5, 0.6) is 0 Å². The molecule has 19 heavy (non-hydrogen) atoms. The highest BCUT2D eigenvalue weighted by atomic mass is 15.1. The normalized spacial score (nSPS) is 10.6. The molecule has 0 heterocycles. The van der Waals surface area contributed by atoms with Gasteiger partial charge < -0.3 is 5.73 Å². The van der Waals surface area contributed by atoms with E-state index in [4.69, 9.17) is 11.1 Å². The zero-order valence-corrected chi connectivity index (χ0v) is 11.1. The quantitative estimate of drug-likeness (QED) is 0.635. The molecule has 0 aliphatic heterocycles. The lowest BCUT2D eigenvalue weighted by Gasteiger charge is -2.17. The first-order valence-corrected chi connectivity index (χ1v) is 6.31. The van der Waals surface area contributed by atoms with Crippen molar-refractivity contribution in [2.75, 3.05) is 7.05 Å².